The molecule has 1 amide bonds. The molecule has 2 heterocycles. The van der Waals surface area contributed by atoms with Crippen molar-refractivity contribution < 1.29 is 9.53 Å². The highest BCUT2D eigenvalue weighted by molar-refractivity contribution is 7.15. The normalized spacial score (nSPS) is 10.8. The van der Waals surface area contributed by atoms with Crippen LogP contribution in [0.5, 0.6) is 5.75 Å². The van der Waals surface area contributed by atoms with E-state index >= 15 is 0 Å². The van der Waals surface area contributed by atoms with Crippen LogP contribution in [0, 0.1) is 6.92 Å². The highest BCUT2D eigenvalue weighted by Crippen LogP contribution is 2.13. The summed E-state index contributed by atoms with van der Waals surface area (Å²) in [5.41, 5.74) is 2.04. The van der Waals surface area contributed by atoms with Crippen LogP contribution in [0.25, 0.3) is 4.96 Å². The Balaban J connectivity index is 1.66. The third-order valence-corrected chi connectivity index (χ3v) is 4.50. The molecule has 0 saturated heterocycles. The van der Waals surface area contributed by atoms with Crippen LogP contribution in [0.4, 0.5) is 0 Å². The van der Waals surface area contributed by atoms with Gasteiger partial charge < -0.3 is 10.1 Å². The zero-order chi connectivity index (χ0) is 17.1. The van der Waals surface area contributed by atoms with E-state index in [1.54, 1.807) is 42.7 Å². The number of nitrogens with one attached hydrogen (secondary N) is 1. The summed E-state index contributed by atoms with van der Waals surface area (Å²) in [5.74, 6) is 0.553. The van der Waals surface area contributed by atoms with Crippen molar-refractivity contribution in [3.63, 3.8) is 0 Å². The second-order valence-corrected chi connectivity index (χ2v) is 6.15. The number of thiazole rings is 1. The first-order chi connectivity index (χ1) is 11.6. The fourth-order valence-electron chi connectivity index (χ4n) is 2.41. The van der Waals surface area contributed by atoms with Gasteiger partial charge in [-0.2, -0.15) is 0 Å². The maximum Gasteiger partial charge on any atom is 0.258 e. The van der Waals surface area contributed by atoms with E-state index in [2.05, 4.69) is 10.3 Å². The molecule has 2 aromatic heterocycles. The lowest BCUT2D eigenvalue weighted by Crippen LogP contribution is -2.26. The maximum atomic E-state index is 12.1. The van der Waals surface area contributed by atoms with E-state index in [4.69, 9.17) is 4.74 Å². The molecule has 0 fully saturated rings. The van der Waals surface area contributed by atoms with Gasteiger partial charge in [0.1, 0.15) is 5.75 Å². The molecule has 0 radical (unpaired) electrons. The number of carbonyl (C=O) groups is 1. The molecule has 1 aromatic carbocycles. The zero-order valence-corrected chi connectivity index (χ0v) is 14.2. The molecule has 0 aliphatic rings. The van der Waals surface area contributed by atoms with Gasteiger partial charge in [-0.05, 0) is 31.2 Å². The summed E-state index contributed by atoms with van der Waals surface area (Å²) >= 11 is 1.43. The Labute approximate surface area is 142 Å². The molecular weight excluding hydrogens is 326 g/mol. The van der Waals surface area contributed by atoms with Gasteiger partial charge in [-0.25, -0.2) is 4.98 Å². The predicted octanol–water partition coefficient (Wildman–Crippen LogP) is 2.05. The van der Waals surface area contributed by atoms with Crippen LogP contribution >= 0.6 is 11.3 Å². The van der Waals surface area contributed by atoms with Gasteiger partial charge in [0.05, 0.1) is 7.11 Å². The summed E-state index contributed by atoms with van der Waals surface area (Å²) in [6.45, 7) is 2.24. The van der Waals surface area contributed by atoms with Crippen LogP contribution in [-0.2, 0) is 6.42 Å². The van der Waals surface area contributed by atoms with Crippen molar-refractivity contribution in [1.82, 2.24) is 14.7 Å². The van der Waals surface area contributed by atoms with Crippen molar-refractivity contribution in [2.24, 2.45) is 0 Å². The number of hydrogen-bond acceptors (Lipinski definition) is 5. The first kappa shape index (κ1) is 16.2. The topological polar surface area (TPSA) is 72.7 Å². The minimum atomic E-state index is -0.154. The Hall–Kier alpha value is -2.67. The van der Waals surface area contributed by atoms with E-state index in [-0.39, 0.29) is 11.5 Å². The third-order valence-electron chi connectivity index (χ3n) is 3.62. The van der Waals surface area contributed by atoms with Gasteiger partial charge in [-0.15, -0.1) is 11.3 Å². The third kappa shape index (κ3) is 3.30. The summed E-state index contributed by atoms with van der Waals surface area (Å²) in [6.07, 6.45) is 0.562. The van der Waals surface area contributed by atoms with E-state index in [0.717, 1.165) is 5.69 Å². The van der Waals surface area contributed by atoms with Crippen LogP contribution in [0.15, 0.2) is 40.5 Å². The van der Waals surface area contributed by atoms with Gasteiger partial charge in [0, 0.05) is 41.4 Å². The fraction of sp³-hybridized carbons (Fsp3) is 0.235. The number of nitrogens with zero attached hydrogens (tertiary/aromatic N) is 2. The minimum Gasteiger partial charge on any atom is -0.497 e. The lowest BCUT2D eigenvalue weighted by molar-refractivity contribution is 0.0954. The van der Waals surface area contributed by atoms with Crippen LogP contribution < -0.4 is 15.6 Å². The molecule has 3 aromatic rings. The average Bonchev–Trinajstić information content (AvgIpc) is 2.98. The number of aryl methyl sites for hydroxylation is 1. The first-order valence-corrected chi connectivity index (χ1v) is 8.35. The number of ether oxygens (including phenoxy) is 1. The lowest BCUT2D eigenvalue weighted by atomic mass is 10.2. The largest absolute Gasteiger partial charge is 0.497 e. The fourth-order valence-corrected chi connectivity index (χ4v) is 3.38. The number of amides is 1. The molecule has 0 aliphatic heterocycles. The Morgan fingerprint density at radius 1 is 1.33 bits per heavy atom. The summed E-state index contributed by atoms with van der Waals surface area (Å²) in [7, 11) is 1.58. The molecule has 7 heteroatoms. The van der Waals surface area contributed by atoms with Crippen LogP contribution in [0.1, 0.15) is 21.7 Å². The minimum absolute atomic E-state index is 0.0877. The number of methoxy groups -OCH3 is 1. The molecule has 0 spiro atoms. The quantitative estimate of drug-likeness (QED) is 0.769. The SMILES string of the molecule is COc1ccc(C(=O)NCCc2csc3nc(C)cc(=O)n23)cc1. The summed E-state index contributed by atoms with van der Waals surface area (Å²) in [5, 5.41) is 4.76. The molecule has 0 aliphatic carbocycles. The van der Waals surface area contributed by atoms with Gasteiger partial charge in [0.15, 0.2) is 4.96 Å². The Kier molecular flexibility index (Phi) is 4.61. The van der Waals surface area contributed by atoms with Gasteiger partial charge in [-0.3, -0.25) is 14.0 Å². The highest BCUT2D eigenvalue weighted by Gasteiger charge is 2.09. The van der Waals surface area contributed by atoms with Crippen molar-refractivity contribution in [2.75, 3.05) is 13.7 Å². The highest BCUT2D eigenvalue weighted by atomic mass is 32.1. The molecule has 3 rings (SSSR count). The maximum absolute atomic E-state index is 12.1. The number of fused-ring (bicyclic) bond motifs is 1. The molecule has 124 valence electrons. The Morgan fingerprint density at radius 2 is 2.08 bits per heavy atom. The average molecular weight is 343 g/mol. The van der Waals surface area contributed by atoms with Crippen LogP contribution in [0.2, 0.25) is 0 Å². The standard InChI is InChI=1S/C17H17N3O3S/c1-11-9-15(21)20-13(10-24-17(20)19-11)7-8-18-16(22)12-3-5-14(23-2)6-4-12/h3-6,9-10H,7-8H2,1-2H3,(H,18,22). The molecule has 6 nitrogen and oxygen atoms in total. The summed E-state index contributed by atoms with van der Waals surface area (Å²) in [6, 6.07) is 8.43. The lowest BCUT2D eigenvalue weighted by Gasteiger charge is -2.06. The van der Waals surface area contributed by atoms with E-state index in [1.807, 2.05) is 5.38 Å². The molecule has 0 saturated carbocycles. The monoisotopic (exact) mass is 343 g/mol. The second-order valence-electron chi connectivity index (χ2n) is 5.32. The van der Waals surface area contributed by atoms with Crippen molar-refractivity contribution in [2.45, 2.75) is 13.3 Å². The van der Waals surface area contributed by atoms with Crippen LogP contribution in [0.3, 0.4) is 0 Å². The molecule has 0 unspecified atom stereocenters. The number of benzene rings is 1. The van der Waals surface area contributed by atoms with Crippen molar-refractivity contribution in [3.05, 3.63) is 63.0 Å². The molecule has 24 heavy (non-hydrogen) atoms. The molecule has 1 N–H and O–H groups in total. The zero-order valence-electron chi connectivity index (χ0n) is 13.4. The molecule has 0 bridgehead atoms. The first-order valence-electron chi connectivity index (χ1n) is 7.47. The number of carbonyl (C=O) groups excluding carboxylic acids is 1. The summed E-state index contributed by atoms with van der Waals surface area (Å²) in [4.78, 5) is 29.2. The van der Waals surface area contributed by atoms with E-state index in [9.17, 15) is 9.59 Å². The van der Waals surface area contributed by atoms with Crippen molar-refractivity contribution in [3.8, 4) is 5.75 Å². The van der Waals surface area contributed by atoms with Crippen LogP contribution in [-0.4, -0.2) is 28.9 Å². The molecular formula is C17H17N3O3S. The Bertz CT molecular complexity index is 928. The summed E-state index contributed by atoms with van der Waals surface area (Å²) < 4.78 is 6.67. The van der Waals surface area contributed by atoms with E-state index < -0.39 is 0 Å². The predicted molar refractivity (Wildman–Crippen MR) is 93.1 cm³/mol. The number of hydrogen-bond donors (Lipinski definition) is 1. The smallest absolute Gasteiger partial charge is 0.258 e. The number of aromatic nitrogens is 2. The van der Waals surface area contributed by atoms with E-state index in [0.29, 0.717) is 34.9 Å². The van der Waals surface area contributed by atoms with Gasteiger partial charge >= 0.3 is 0 Å². The Morgan fingerprint density at radius 3 is 2.79 bits per heavy atom. The molecule has 0 atom stereocenters. The van der Waals surface area contributed by atoms with Crippen molar-refractivity contribution in [1.29, 1.82) is 0 Å². The van der Waals surface area contributed by atoms with Crippen molar-refractivity contribution >= 4 is 22.2 Å². The van der Waals surface area contributed by atoms with Gasteiger partial charge in [0.2, 0.25) is 0 Å². The van der Waals surface area contributed by atoms with E-state index in [1.165, 1.54) is 17.4 Å². The van der Waals surface area contributed by atoms with Gasteiger partial charge in [0.25, 0.3) is 11.5 Å². The number of rotatable bonds is 5. The second kappa shape index (κ2) is 6.84. The van der Waals surface area contributed by atoms with Gasteiger partial charge in [-0.1, -0.05) is 0 Å².